The summed E-state index contributed by atoms with van der Waals surface area (Å²) in [6.45, 7) is 6.77. The Morgan fingerprint density at radius 3 is 1.23 bits per heavy atom. The zero-order valence-electron chi connectivity index (χ0n) is 24.4. The number of rotatable bonds is 11. The normalized spacial score (nSPS) is 22.8. The molecule has 0 radical (unpaired) electrons. The third-order valence-electron chi connectivity index (χ3n) is 6.89. The molecule has 0 saturated carbocycles. The predicted molar refractivity (Wildman–Crippen MR) is 146 cm³/mol. The highest BCUT2D eigenvalue weighted by Crippen LogP contribution is 2.31. The zero-order chi connectivity index (χ0) is 31.3. The van der Waals surface area contributed by atoms with E-state index < -0.39 is 25.3 Å². The predicted octanol–water partition coefficient (Wildman–Crippen LogP) is 9.26. The van der Waals surface area contributed by atoms with E-state index in [1.54, 1.807) is 0 Å². The van der Waals surface area contributed by atoms with E-state index in [4.69, 9.17) is 18.9 Å². The van der Waals surface area contributed by atoms with E-state index in [0.29, 0.717) is 49.4 Å². The number of benzene rings is 2. The average molecular weight is 623 g/mol. The summed E-state index contributed by atoms with van der Waals surface area (Å²) in [6.07, 6.45) is -2.37. The fraction of sp³-hybridized carbons (Fsp3) is 0.613. The first-order valence-electron chi connectivity index (χ1n) is 14.6. The zero-order valence-corrected chi connectivity index (χ0v) is 24.4. The SMILES string of the molecule is CCCCC1COC(c2ccc(OC(F)(F)F)cc2)OC1.CCCCCC1COC(c2ccc(OC(F)(F)F)cc2)OC1. The molecule has 4 rings (SSSR count). The van der Waals surface area contributed by atoms with Crippen LogP contribution in [0.2, 0.25) is 0 Å². The number of hydrogen-bond donors (Lipinski definition) is 0. The van der Waals surface area contributed by atoms with E-state index in [1.807, 2.05) is 0 Å². The van der Waals surface area contributed by atoms with Gasteiger partial charge in [0.1, 0.15) is 11.5 Å². The van der Waals surface area contributed by atoms with Crippen molar-refractivity contribution in [2.45, 2.75) is 84.1 Å². The van der Waals surface area contributed by atoms with Gasteiger partial charge in [0.15, 0.2) is 12.6 Å². The summed E-state index contributed by atoms with van der Waals surface area (Å²) in [5.41, 5.74) is 1.39. The highest BCUT2D eigenvalue weighted by molar-refractivity contribution is 5.29. The van der Waals surface area contributed by atoms with Crippen molar-refractivity contribution >= 4 is 0 Å². The maximum Gasteiger partial charge on any atom is 0.573 e. The van der Waals surface area contributed by atoms with Crippen LogP contribution in [-0.2, 0) is 18.9 Å². The first-order valence-corrected chi connectivity index (χ1v) is 14.6. The molecule has 0 amide bonds. The van der Waals surface area contributed by atoms with E-state index >= 15 is 0 Å². The molecule has 0 spiro atoms. The molecule has 0 N–H and O–H groups in total. The van der Waals surface area contributed by atoms with Gasteiger partial charge in [-0.2, -0.15) is 0 Å². The Kier molecular flexibility index (Phi) is 13.9. The summed E-state index contributed by atoms with van der Waals surface area (Å²) >= 11 is 0. The lowest BCUT2D eigenvalue weighted by molar-refractivity contribution is -0.275. The summed E-state index contributed by atoms with van der Waals surface area (Å²) < 4.78 is 103. The minimum Gasteiger partial charge on any atom is -0.406 e. The molecule has 0 aromatic heterocycles. The number of alkyl halides is 6. The van der Waals surface area contributed by atoms with Crippen molar-refractivity contribution in [3.63, 3.8) is 0 Å². The molecule has 0 aliphatic carbocycles. The van der Waals surface area contributed by atoms with Gasteiger partial charge in [0.25, 0.3) is 0 Å². The Balaban J connectivity index is 0.000000236. The molecule has 0 bridgehead atoms. The van der Waals surface area contributed by atoms with E-state index in [0.717, 1.165) is 25.7 Å². The van der Waals surface area contributed by atoms with Gasteiger partial charge in [-0.25, -0.2) is 0 Å². The van der Waals surface area contributed by atoms with Crippen LogP contribution in [0, 0.1) is 11.8 Å². The summed E-state index contributed by atoms with van der Waals surface area (Å²) in [4.78, 5) is 0. The Labute approximate surface area is 248 Å². The van der Waals surface area contributed by atoms with Crippen LogP contribution in [0.1, 0.15) is 82.5 Å². The van der Waals surface area contributed by atoms with Crippen molar-refractivity contribution in [2.75, 3.05) is 26.4 Å². The molecule has 2 aromatic rings. The molecule has 2 aliphatic heterocycles. The Morgan fingerprint density at radius 1 is 0.558 bits per heavy atom. The van der Waals surface area contributed by atoms with Crippen molar-refractivity contribution < 1.29 is 54.8 Å². The molecule has 2 heterocycles. The minimum absolute atomic E-state index is 0.246. The van der Waals surface area contributed by atoms with Crippen LogP contribution >= 0.6 is 0 Å². The topological polar surface area (TPSA) is 55.4 Å². The maximum atomic E-state index is 12.1. The molecule has 2 aromatic carbocycles. The molecule has 43 heavy (non-hydrogen) atoms. The fourth-order valence-corrected chi connectivity index (χ4v) is 4.63. The summed E-state index contributed by atoms with van der Waals surface area (Å²) in [6, 6.07) is 11.2. The second kappa shape index (κ2) is 17.1. The number of halogens is 6. The molecular weight excluding hydrogens is 582 g/mol. The number of ether oxygens (including phenoxy) is 6. The number of unbranched alkanes of at least 4 members (excludes halogenated alkanes) is 3. The van der Waals surface area contributed by atoms with Gasteiger partial charge in [-0.3, -0.25) is 0 Å². The van der Waals surface area contributed by atoms with Gasteiger partial charge < -0.3 is 28.4 Å². The highest BCUT2D eigenvalue weighted by atomic mass is 19.4. The third kappa shape index (κ3) is 13.3. The van der Waals surface area contributed by atoms with Crippen LogP contribution in [0.5, 0.6) is 11.5 Å². The van der Waals surface area contributed by atoms with E-state index in [-0.39, 0.29) is 11.5 Å². The molecule has 242 valence electrons. The second-order valence-electron chi connectivity index (χ2n) is 10.6. The Morgan fingerprint density at radius 2 is 0.907 bits per heavy atom. The molecule has 2 saturated heterocycles. The fourth-order valence-electron chi connectivity index (χ4n) is 4.63. The molecular formula is C31H40F6O6. The molecule has 0 unspecified atom stereocenters. The summed E-state index contributed by atoms with van der Waals surface area (Å²) in [5.74, 6) is 0.303. The van der Waals surface area contributed by atoms with Gasteiger partial charge in [-0.15, -0.1) is 26.3 Å². The van der Waals surface area contributed by atoms with E-state index in [9.17, 15) is 26.3 Å². The highest BCUT2D eigenvalue weighted by Gasteiger charge is 2.32. The smallest absolute Gasteiger partial charge is 0.406 e. The standard InChI is InChI=1S/C16H21F3O3.C15H19F3O3/c1-2-3-4-5-12-10-20-15(21-11-12)13-6-8-14(9-7-13)22-16(17,18)19;1-2-3-4-11-9-19-14(20-10-11)12-5-7-13(8-6-12)21-15(16,17)18/h6-9,12,15H,2-5,10-11H2,1H3;5-8,11,14H,2-4,9-10H2,1H3. The van der Waals surface area contributed by atoms with E-state index in [1.165, 1.54) is 67.8 Å². The third-order valence-corrected chi connectivity index (χ3v) is 6.89. The van der Waals surface area contributed by atoms with Crippen molar-refractivity contribution in [1.82, 2.24) is 0 Å². The minimum atomic E-state index is -4.68. The lowest BCUT2D eigenvalue weighted by atomic mass is 10.0. The van der Waals surface area contributed by atoms with Crippen molar-refractivity contribution in [3.05, 3.63) is 59.7 Å². The van der Waals surface area contributed by atoms with Crippen LogP contribution in [0.3, 0.4) is 0 Å². The van der Waals surface area contributed by atoms with Gasteiger partial charge in [0.2, 0.25) is 0 Å². The molecule has 2 aliphatic rings. The van der Waals surface area contributed by atoms with Crippen molar-refractivity contribution in [1.29, 1.82) is 0 Å². The number of hydrogen-bond acceptors (Lipinski definition) is 6. The van der Waals surface area contributed by atoms with Gasteiger partial charge >= 0.3 is 12.7 Å². The van der Waals surface area contributed by atoms with Gasteiger partial charge in [0, 0.05) is 23.0 Å². The Bertz CT molecular complexity index is 1030. The van der Waals surface area contributed by atoms with Crippen LogP contribution in [0.4, 0.5) is 26.3 Å². The first-order chi connectivity index (χ1) is 20.5. The quantitative estimate of drug-likeness (QED) is 0.184. The summed E-state index contributed by atoms with van der Waals surface area (Å²) in [7, 11) is 0. The van der Waals surface area contributed by atoms with Gasteiger partial charge in [0.05, 0.1) is 26.4 Å². The van der Waals surface area contributed by atoms with Crippen LogP contribution in [0.25, 0.3) is 0 Å². The largest absolute Gasteiger partial charge is 0.573 e. The second-order valence-corrected chi connectivity index (χ2v) is 10.6. The monoisotopic (exact) mass is 622 g/mol. The molecule has 6 nitrogen and oxygen atoms in total. The van der Waals surface area contributed by atoms with Gasteiger partial charge in [-0.05, 0) is 37.1 Å². The first kappa shape index (κ1) is 34.9. The lowest BCUT2D eigenvalue weighted by Gasteiger charge is -2.29. The van der Waals surface area contributed by atoms with Crippen LogP contribution < -0.4 is 9.47 Å². The summed E-state index contributed by atoms with van der Waals surface area (Å²) in [5, 5.41) is 0. The molecule has 12 heteroatoms. The van der Waals surface area contributed by atoms with E-state index in [2.05, 4.69) is 23.3 Å². The lowest BCUT2D eigenvalue weighted by Crippen LogP contribution is -2.27. The molecule has 0 atom stereocenters. The van der Waals surface area contributed by atoms with Crippen molar-refractivity contribution in [2.24, 2.45) is 11.8 Å². The van der Waals surface area contributed by atoms with Gasteiger partial charge in [-0.1, -0.05) is 70.2 Å². The average Bonchev–Trinajstić information content (AvgIpc) is 2.96. The Hall–Kier alpha value is -2.54. The van der Waals surface area contributed by atoms with Crippen LogP contribution in [-0.4, -0.2) is 39.2 Å². The van der Waals surface area contributed by atoms with Crippen LogP contribution in [0.15, 0.2) is 48.5 Å². The van der Waals surface area contributed by atoms with Crippen molar-refractivity contribution in [3.8, 4) is 11.5 Å². The maximum absolute atomic E-state index is 12.1. The molecule has 2 fully saturated rings.